The van der Waals surface area contributed by atoms with Crippen molar-refractivity contribution in [3.05, 3.63) is 201 Å². The third-order valence-corrected chi connectivity index (χ3v) is 15.5. The summed E-state index contributed by atoms with van der Waals surface area (Å²) in [6.45, 7) is 3.93. The lowest BCUT2D eigenvalue weighted by Gasteiger charge is -2.38. The third-order valence-electron chi connectivity index (χ3n) is 15.0. The molecule has 10 aromatic rings. The molecule has 0 saturated carbocycles. The van der Waals surface area contributed by atoms with Crippen LogP contribution in [0, 0.1) is 0 Å². The first-order chi connectivity index (χ1) is 35.0. The van der Waals surface area contributed by atoms with Gasteiger partial charge < -0.3 is 38.8 Å². The number of ether oxygens (including phenoxy) is 2. The lowest BCUT2D eigenvalue weighted by Crippen LogP contribution is -2.46. The van der Waals surface area contributed by atoms with Crippen LogP contribution in [0.3, 0.4) is 0 Å². The van der Waals surface area contributed by atoms with Crippen molar-refractivity contribution < 1.29 is 19.7 Å². The van der Waals surface area contributed by atoms with Gasteiger partial charge in [-0.25, -0.2) is 19.9 Å². The normalized spacial score (nSPS) is 17.3. The summed E-state index contributed by atoms with van der Waals surface area (Å²) < 4.78 is 16.8. The highest BCUT2D eigenvalue weighted by Crippen LogP contribution is 2.51. The predicted molar refractivity (Wildman–Crippen MR) is 280 cm³/mol. The van der Waals surface area contributed by atoms with E-state index in [4.69, 9.17) is 42.6 Å². The number of nitrogens with one attached hydrogen (secondary N) is 2. The van der Waals surface area contributed by atoms with Gasteiger partial charge in [0, 0.05) is 56.5 Å². The Morgan fingerprint density at radius 1 is 0.611 bits per heavy atom. The molecule has 0 saturated heterocycles. The fourth-order valence-corrected chi connectivity index (χ4v) is 11.5. The van der Waals surface area contributed by atoms with Crippen molar-refractivity contribution in [2.45, 2.75) is 88.9 Å². The number of aliphatic hydroxyl groups is 2. The van der Waals surface area contributed by atoms with Gasteiger partial charge >= 0.3 is 0 Å². The Bertz CT molecular complexity index is 3620. The van der Waals surface area contributed by atoms with Crippen molar-refractivity contribution in [2.24, 2.45) is 0 Å². The number of imidazole rings is 2. The number of H-pyrrole nitrogens is 2. The number of fused-ring (bicyclic) bond motifs is 4. The van der Waals surface area contributed by atoms with Gasteiger partial charge in [0.2, 0.25) is 11.8 Å². The van der Waals surface area contributed by atoms with E-state index in [0.29, 0.717) is 46.4 Å². The van der Waals surface area contributed by atoms with Crippen molar-refractivity contribution in [1.82, 2.24) is 39.0 Å². The van der Waals surface area contributed by atoms with E-state index >= 15 is 0 Å². The highest BCUT2D eigenvalue weighted by atomic mass is 35.5. The van der Waals surface area contributed by atoms with Crippen LogP contribution in [0.4, 0.5) is 0 Å². The van der Waals surface area contributed by atoms with Crippen LogP contribution in [0.25, 0.3) is 44.3 Å². The molecule has 14 heteroatoms. The third kappa shape index (κ3) is 8.03. The smallest absolute Gasteiger partial charge is 0.214 e. The Labute approximate surface area is 426 Å². The minimum Gasteiger partial charge on any atom is -0.473 e. The van der Waals surface area contributed by atoms with Gasteiger partial charge in [0.1, 0.15) is 35.8 Å². The molecule has 2 aliphatic carbocycles. The number of hydrogen-bond acceptors (Lipinski definition) is 8. The first-order valence-electron chi connectivity index (χ1n) is 24.5. The van der Waals surface area contributed by atoms with E-state index in [0.717, 1.165) is 93.7 Å². The summed E-state index contributed by atoms with van der Waals surface area (Å²) in [6, 6.07) is 35.5. The summed E-state index contributed by atoms with van der Waals surface area (Å²) in [6.07, 6.45) is 16.1. The molecule has 0 aliphatic heterocycles. The van der Waals surface area contributed by atoms with Crippen LogP contribution >= 0.6 is 23.2 Å². The van der Waals surface area contributed by atoms with E-state index in [1.807, 2.05) is 109 Å². The van der Waals surface area contributed by atoms with Crippen LogP contribution in [0.5, 0.6) is 11.8 Å². The molecule has 4 aromatic carbocycles. The maximum atomic E-state index is 13.6. The molecule has 0 radical (unpaired) electrons. The van der Waals surface area contributed by atoms with E-state index in [1.165, 1.54) is 11.1 Å². The number of aromatic amines is 2. The van der Waals surface area contributed by atoms with Crippen LogP contribution in [0.15, 0.2) is 147 Å². The molecular weight excluding hydrogens is 944 g/mol. The minimum atomic E-state index is -2.09. The molecule has 6 aromatic heterocycles. The van der Waals surface area contributed by atoms with Gasteiger partial charge in [-0.1, -0.05) is 102 Å². The van der Waals surface area contributed by atoms with E-state index in [1.54, 1.807) is 38.9 Å². The molecule has 362 valence electrons. The molecule has 0 fully saturated rings. The van der Waals surface area contributed by atoms with Gasteiger partial charge in [-0.3, -0.25) is 0 Å². The predicted octanol–water partition coefficient (Wildman–Crippen LogP) is 12.6. The molecule has 0 amide bonds. The SMILES string of the molecule is CC(O)(c1ncn(C2CCCc3ccc(Cl)cc32)c1-c1c[nH]c2cnc(OCc3ccccc3)cc12)C(C)(O)c1ncn(C2CCCc3cccc(Cl)c32)c1-c1c[nH]c2cnc(OCc3ccccc3)cc12. The van der Waals surface area contributed by atoms with Crippen molar-refractivity contribution in [2.75, 3.05) is 0 Å². The molecule has 12 rings (SSSR count). The Kier molecular flexibility index (Phi) is 11.7. The van der Waals surface area contributed by atoms with Gasteiger partial charge in [-0.05, 0) is 104 Å². The topological polar surface area (TPSA) is 152 Å². The fourth-order valence-electron chi connectivity index (χ4n) is 11.0. The number of benzene rings is 4. The number of halogens is 2. The lowest BCUT2D eigenvalue weighted by molar-refractivity contribution is -0.146. The summed E-state index contributed by atoms with van der Waals surface area (Å²) in [5, 5.41) is 30.1. The van der Waals surface area contributed by atoms with E-state index < -0.39 is 11.2 Å². The Morgan fingerprint density at radius 2 is 1.14 bits per heavy atom. The Balaban J connectivity index is 1.03. The molecule has 2 aliphatic rings. The number of aryl methyl sites for hydroxylation is 2. The largest absolute Gasteiger partial charge is 0.473 e. The number of rotatable bonds is 13. The van der Waals surface area contributed by atoms with Crippen LogP contribution in [0.2, 0.25) is 10.0 Å². The second-order valence-corrected chi connectivity index (χ2v) is 20.2. The Morgan fingerprint density at radius 3 is 1.71 bits per heavy atom. The highest BCUT2D eigenvalue weighted by Gasteiger charge is 2.52. The van der Waals surface area contributed by atoms with Gasteiger partial charge in [0.15, 0.2) is 0 Å². The lowest BCUT2D eigenvalue weighted by atomic mass is 9.77. The standard InChI is InChI=1S/C58H52Cl2N8O4/c1-57(69,55-53(67(33-65-55)48-20-10-16-37-22-23-39(59)24-40(37)48)43-27-61-46-29-63-50(25-41(43)46)71-31-35-12-5-3-6-13-35)58(2,70)56-54(68(34-66-56)49-21-11-18-38-17-9-19-45(60)52(38)49)44-28-62-47-30-64-51(26-42(44)47)72-32-36-14-7-4-8-15-36/h3-9,12-15,17,19,22-30,33-34,48-49,61-62,69-70H,10-11,16,18,20-21,31-32H2,1-2H3. The highest BCUT2D eigenvalue weighted by molar-refractivity contribution is 6.31. The molecule has 0 bridgehead atoms. The van der Waals surface area contributed by atoms with Crippen LogP contribution in [0.1, 0.15) is 96.4 Å². The maximum absolute atomic E-state index is 13.6. The first-order valence-corrected chi connectivity index (χ1v) is 25.2. The average molecular weight is 996 g/mol. The molecular formula is C58H52Cl2N8O4. The summed E-state index contributed by atoms with van der Waals surface area (Å²) in [4.78, 5) is 26.4. The van der Waals surface area contributed by atoms with E-state index in [2.05, 4.69) is 41.2 Å². The summed E-state index contributed by atoms with van der Waals surface area (Å²) >= 11 is 13.8. The van der Waals surface area contributed by atoms with Gasteiger partial charge in [0.05, 0.1) is 59.6 Å². The number of nitrogens with zero attached hydrogens (tertiary/aromatic N) is 6. The van der Waals surface area contributed by atoms with Crippen molar-refractivity contribution >= 4 is 45.0 Å². The minimum absolute atomic E-state index is 0.186. The van der Waals surface area contributed by atoms with Crippen molar-refractivity contribution in [3.8, 4) is 34.3 Å². The first kappa shape index (κ1) is 45.9. The molecule has 0 spiro atoms. The van der Waals surface area contributed by atoms with Gasteiger partial charge in [-0.15, -0.1) is 0 Å². The molecule has 12 nitrogen and oxygen atoms in total. The summed E-state index contributed by atoms with van der Waals surface area (Å²) in [7, 11) is 0. The zero-order valence-electron chi connectivity index (χ0n) is 39.8. The quantitative estimate of drug-likeness (QED) is 0.0891. The van der Waals surface area contributed by atoms with Crippen molar-refractivity contribution in [1.29, 1.82) is 0 Å². The maximum Gasteiger partial charge on any atom is 0.214 e. The van der Waals surface area contributed by atoms with Crippen LogP contribution < -0.4 is 9.47 Å². The second-order valence-electron chi connectivity index (χ2n) is 19.4. The van der Waals surface area contributed by atoms with Gasteiger partial charge in [-0.2, -0.15) is 0 Å². The number of hydrogen-bond donors (Lipinski definition) is 4. The second kappa shape index (κ2) is 18.4. The van der Waals surface area contributed by atoms with E-state index in [9.17, 15) is 10.2 Å². The Hall–Kier alpha value is -7.22. The summed E-state index contributed by atoms with van der Waals surface area (Å²) in [5.74, 6) is 0.878. The van der Waals surface area contributed by atoms with Crippen LogP contribution in [-0.2, 0) is 37.3 Å². The van der Waals surface area contributed by atoms with Gasteiger partial charge in [0.25, 0.3) is 0 Å². The zero-order chi connectivity index (χ0) is 49.1. The number of aromatic nitrogens is 8. The average Bonchev–Trinajstić information content (AvgIpc) is 4.23. The monoisotopic (exact) mass is 994 g/mol. The van der Waals surface area contributed by atoms with Crippen LogP contribution in [-0.4, -0.2) is 49.3 Å². The molecule has 72 heavy (non-hydrogen) atoms. The number of pyridine rings is 2. The zero-order valence-corrected chi connectivity index (χ0v) is 41.3. The molecule has 4 N–H and O–H groups in total. The summed E-state index contributed by atoms with van der Waals surface area (Å²) in [5.41, 5.74) is 7.11. The molecule has 4 unspecified atom stereocenters. The van der Waals surface area contributed by atoms with E-state index in [-0.39, 0.29) is 23.5 Å². The van der Waals surface area contributed by atoms with Crippen molar-refractivity contribution in [3.63, 3.8) is 0 Å². The molecule has 6 heterocycles. The molecule has 4 atom stereocenters. The fraction of sp³-hybridized carbons (Fsp3) is 0.241.